The molecule has 3 rings (SSSR count). The number of rotatable bonds is 8. The third-order valence-electron chi connectivity index (χ3n) is 4.84. The van der Waals surface area contributed by atoms with Crippen molar-refractivity contribution >= 4 is 5.91 Å². The van der Waals surface area contributed by atoms with Gasteiger partial charge in [0.25, 0.3) is 5.91 Å². The molecule has 1 saturated heterocycles. The molecule has 0 radical (unpaired) electrons. The number of methoxy groups -OCH3 is 1. The van der Waals surface area contributed by atoms with Crippen LogP contribution in [0.5, 0.6) is 11.5 Å². The summed E-state index contributed by atoms with van der Waals surface area (Å²) in [6, 6.07) is 10.0. The molecule has 1 aliphatic rings. The molecular weight excluding hydrogens is 401 g/mol. The molecular formula is C21H23F3N2O4. The normalized spacial score (nSPS) is 15.6. The fourth-order valence-corrected chi connectivity index (χ4v) is 3.33. The third-order valence-corrected chi connectivity index (χ3v) is 4.84. The maximum absolute atomic E-state index is 13.3. The molecule has 6 nitrogen and oxygen atoms in total. The topological polar surface area (TPSA) is 60.0 Å². The van der Waals surface area contributed by atoms with E-state index in [-0.39, 0.29) is 35.5 Å². The second-order valence-corrected chi connectivity index (χ2v) is 6.67. The third kappa shape index (κ3) is 5.64. The number of alkyl halides is 2. The van der Waals surface area contributed by atoms with E-state index in [9.17, 15) is 18.0 Å². The van der Waals surface area contributed by atoms with Crippen LogP contribution in [0.25, 0.3) is 0 Å². The lowest BCUT2D eigenvalue weighted by molar-refractivity contribution is -0.0512. The molecule has 0 saturated carbocycles. The molecule has 162 valence electrons. The van der Waals surface area contributed by atoms with Gasteiger partial charge >= 0.3 is 6.61 Å². The first kappa shape index (κ1) is 21.9. The summed E-state index contributed by atoms with van der Waals surface area (Å²) in [4.78, 5) is 14.8. The van der Waals surface area contributed by atoms with Gasteiger partial charge in [-0.25, -0.2) is 4.39 Å². The van der Waals surface area contributed by atoms with Gasteiger partial charge in [-0.05, 0) is 35.9 Å². The average molecular weight is 424 g/mol. The molecule has 1 amide bonds. The Bertz CT molecular complexity index is 843. The van der Waals surface area contributed by atoms with Crippen LogP contribution in [0.4, 0.5) is 13.2 Å². The molecule has 1 fully saturated rings. The molecule has 0 aromatic heterocycles. The molecule has 9 heteroatoms. The summed E-state index contributed by atoms with van der Waals surface area (Å²) in [6.45, 7) is -0.306. The Kier molecular flexibility index (Phi) is 7.53. The predicted molar refractivity (Wildman–Crippen MR) is 103 cm³/mol. The Balaban J connectivity index is 1.74. The molecule has 30 heavy (non-hydrogen) atoms. The van der Waals surface area contributed by atoms with Crippen LogP contribution in [-0.2, 0) is 4.74 Å². The molecule has 2 aromatic rings. The number of morpholine rings is 1. The molecule has 1 heterocycles. The molecule has 1 aliphatic heterocycles. The van der Waals surface area contributed by atoms with E-state index in [2.05, 4.69) is 15.0 Å². The zero-order valence-corrected chi connectivity index (χ0v) is 16.4. The van der Waals surface area contributed by atoms with Crippen LogP contribution in [0.15, 0.2) is 42.5 Å². The number of carbonyl (C=O) groups excluding carboxylic acids is 1. The summed E-state index contributed by atoms with van der Waals surface area (Å²) < 4.78 is 53.4. The quantitative estimate of drug-likeness (QED) is 0.705. The van der Waals surface area contributed by atoms with Crippen LogP contribution in [0.2, 0.25) is 0 Å². The number of benzene rings is 2. The van der Waals surface area contributed by atoms with Gasteiger partial charge in [0, 0.05) is 25.2 Å². The van der Waals surface area contributed by atoms with Gasteiger partial charge in [0.1, 0.15) is 5.82 Å². The standard InChI is InChI=1S/C21H23F3N2O4/c1-28-18-7-4-15(12-19(18)30-21(23)24)20(27)25-13-17(26-8-10-29-11-9-26)14-2-5-16(22)6-3-14/h2-7,12,17,21H,8-11,13H2,1H3,(H,25,27). The summed E-state index contributed by atoms with van der Waals surface area (Å²) in [5.41, 5.74) is 1.02. The van der Waals surface area contributed by atoms with Crippen LogP contribution in [-0.4, -0.2) is 57.4 Å². The van der Waals surface area contributed by atoms with Gasteiger partial charge in [-0.15, -0.1) is 0 Å². The number of carbonyl (C=O) groups is 1. The molecule has 1 N–H and O–H groups in total. The lowest BCUT2D eigenvalue weighted by atomic mass is 10.0. The maximum Gasteiger partial charge on any atom is 0.387 e. The summed E-state index contributed by atoms with van der Waals surface area (Å²) in [7, 11) is 1.32. The molecule has 2 aromatic carbocycles. The van der Waals surface area contributed by atoms with Crippen LogP contribution in [0.1, 0.15) is 22.0 Å². The highest BCUT2D eigenvalue weighted by Gasteiger charge is 2.24. The first-order valence-electron chi connectivity index (χ1n) is 9.46. The molecule has 1 unspecified atom stereocenters. The van der Waals surface area contributed by atoms with Gasteiger partial charge in [-0.2, -0.15) is 8.78 Å². The van der Waals surface area contributed by atoms with Crippen molar-refractivity contribution in [1.82, 2.24) is 10.2 Å². The van der Waals surface area contributed by atoms with Gasteiger partial charge in [-0.1, -0.05) is 12.1 Å². The first-order chi connectivity index (χ1) is 14.5. The van der Waals surface area contributed by atoms with Gasteiger partial charge in [0.05, 0.1) is 26.4 Å². The van der Waals surface area contributed by atoms with Crippen LogP contribution in [0, 0.1) is 5.82 Å². The van der Waals surface area contributed by atoms with Crippen molar-refractivity contribution in [1.29, 1.82) is 0 Å². The fourth-order valence-electron chi connectivity index (χ4n) is 3.33. The minimum Gasteiger partial charge on any atom is -0.493 e. The zero-order chi connectivity index (χ0) is 21.5. The van der Waals surface area contributed by atoms with E-state index in [1.54, 1.807) is 12.1 Å². The van der Waals surface area contributed by atoms with E-state index in [4.69, 9.17) is 9.47 Å². The van der Waals surface area contributed by atoms with Gasteiger partial charge < -0.3 is 19.5 Å². The highest BCUT2D eigenvalue weighted by molar-refractivity contribution is 5.94. The van der Waals surface area contributed by atoms with E-state index < -0.39 is 12.5 Å². The zero-order valence-electron chi connectivity index (χ0n) is 16.4. The monoisotopic (exact) mass is 424 g/mol. The Morgan fingerprint density at radius 3 is 2.47 bits per heavy atom. The second kappa shape index (κ2) is 10.3. The van der Waals surface area contributed by atoms with Crippen molar-refractivity contribution in [3.63, 3.8) is 0 Å². The Hall–Kier alpha value is -2.78. The molecule has 1 atom stereocenters. The first-order valence-corrected chi connectivity index (χ1v) is 9.46. The van der Waals surface area contributed by atoms with Gasteiger partial charge in [0.15, 0.2) is 11.5 Å². The number of hydrogen-bond acceptors (Lipinski definition) is 5. The van der Waals surface area contributed by atoms with E-state index in [0.717, 1.165) is 5.56 Å². The predicted octanol–water partition coefficient (Wildman–Crippen LogP) is 3.24. The van der Waals surface area contributed by atoms with Gasteiger partial charge in [-0.3, -0.25) is 9.69 Å². The van der Waals surface area contributed by atoms with Crippen molar-refractivity contribution < 1.29 is 32.2 Å². The Morgan fingerprint density at radius 1 is 1.13 bits per heavy atom. The Morgan fingerprint density at radius 2 is 1.83 bits per heavy atom. The second-order valence-electron chi connectivity index (χ2n) is 6.67. The number of nitrogens with zero attached hydrogens (tertiary/aromatic N) is 1. The lowest BCUT2D eigenvalue weighted by Crippen LogP contribution is -2.43. The minimum absolute atomic E-state index is 0.101. The summed E-state index contributed by atoms with van der Waals surface area (Å²) in [5, 5.41) is 2.83. The van der Waals surface area contributed by atoms with E-state index in [1.807, 2.05) is 0 Å². The number of nitrogens with one attached hydrogen (secondary N) is 1. The summed E-state index contributed by atoms with van der Waals surface area (Å²) >= 11 is 0. The van der Waals surface area contributed by atoms with Crippen molar-refractivity contribution in [3.8, 4) is 11.5 Å². The summed E-state index contributed by atoms with van der Waals surface area (Å²) in [6.07, 6.45) is 0. The van der Waals surface area contributed by atoms with Crippen LogP contribution < -0.4 is 14.8 Å². The molecule has 0 bridgehead atoms. The van der Waals surface area contributed by atoms with Crippen LogP contribution >= 0.6 is 0 Å². The molecule has 0 spiro atoms. The van der Waals surface area contributed by atoms with E-state index in [1.165, 1.54) is 37.4 Å². The van der Waals surface area contributed by atoms with Crippen molar-refractivity contribution in [2.45, 2.75) is 12.7 Å². The van der Waals surface area contributed by atoms with Gasteiger partial charge in [0.2, 0.25) is 0 Å². The van der Waals surface area contributed by atoms with E-state index in [0.29, 0.717) is 26.3 Å². The van der Waals surface area contributed by atoms with Crippen molar-refractivity contribution in [2.75, 3.05) is 40.0 Å². The number of amides is 1. The molecule has 0 aliphatic carbocycles. The number of hydrogen-bond donors (Lipinski definition) is 1. The lowest BCUT2D eigenvalue weighted by Gasteiger charge is -2.35. The fraction of sp³-hybridized carbons (Fsp3) is 0.381. The number of halogens is 3. The average Bonchev–Trinajstić information content (AvgIpc) is 2.75. The van der Waals surface area contributed by atoms with E-state index >= 15 is 0 Å². The SMILES string of the molecule is COc1ccc(C(=O)NCC(c2ccc(F)cc2)N2CCOCC2)cc1OC(F)F. The smallest absolute Gasteiger partial charge is 0.387 e. The van der Waals surface area contributed by atoms with Crippen LogP contribution in [0.3, 0.4) is 0 Å². The maximum atomic E-state index is 13.3. The minimum atomic E-state index is -3.04. The van der Waals surface area contributed by atoms with Crippen molar-refractivity contribution in [2.24, 2.45) is 0 Å². The highest BCUT2D eigenvalue weighted by Crippen LogP contribution is 2.29. The highest BCUT2D eigenvalue weighted by atomic mass is 19.3. The summed E-state index contributed by atoms with van der Waals surface area (Å²) in [5.74, 6) is -0.904. The largest absolute Gasteiger partial charge is 0.493 e. The Labute approximate surface area is 172 Å². The number of ether oxygens (including phenoxy) is 3. The van der Waals surface area contributed by atoms with Crippen molar-refractivity contribution in [3.05, 3.63) is 59.4 Å².